The molecule has 6 heteroatoms. The molecule has 1 amide bonds. The second-order valence-electron chi connectivity index (χ2n) is 2.77. The number of rotatable bonds is 1. The quantitative estimate of drug-likeness (QED) is 0.326. The average molecular weight is 207 g/mol. The number of hydrogen-bond donors (Lipinski definition) is 4. The number of thiol groups is 2. The van der Waals surface area contributed by atoms with Gasteiger partial charge in [-0.05, 0) is 0 Å². The summed E-state index contributed by atoms with van der Waals surface area (Å²) in [6, 6.07) is 0. The summed E-state index contributed by atoms with van der Waals surface area (Å²) in [5.41, 5.74) is 5.43. The van der Waals surface area contributed by atoms with Gasteiger partial charge in [-0.3, -0.25) is 4.79 Å². The van der Waals surface area contributed by atoms with Crippen LogP contribution >= 0.6 is 25.3 Å². The molecule has 0 atom stereocenters. The molecule has 0 bridgehead atoms. The van der Waals surface area contributed by atoms with Crippen molar-refractivity contribution in [1.82, 2.24) is 10.2 Å². The van der Waals surface area contributed by atoms with Crippen molar-refractivity contribution in [2.24, 2.45) is 5.73 Å². The summed E-state index contributed by atoms with van der Waals surface area (Å²) >= 11 is 7.78. The zero-order valence-electron chi connectivity index (χ0n) is 6.66. The smallest absolute Gasteiger partial charge is 0.263 e. The highest BCUT2D eigenvalue weighted by Gasteiger charge is 2.30. The molecule has 12 heavy (non-hydrogen) atoms. The average Bonchev–Trinajstić information content (AvgIpc) is 2.03. The van der Waals surface area contributed by atoms with Crippen LogP contribution in [0.3, 0.4) is 0 Å². The molecule has 1 rings (SSSR count). The van der Waals surface area contributed by atoms with E-state index in [1.54, 1.807) is 4.90 Å². The van der Waals surface area contributed by atoms with Gasteiger partial charge in [-0.15, -0.1) is 25.3 Å². The minimum Gasteiger partial charge on any atom is -0.337 e. The summed E-state index contributed by atoms with van der Waals surface area (Å²) in [5, 5.41) is 3.14. The van der Waals surface area contributed by atoms with Crippen molar-refractivity contribution in [2.75, 3.05) is 26.2 Å². The largest absolute Gasteiger partial charge is 0.337 e. The standard InChI is InChI=1S/C6H13N3OS2/c7-6(11,12)5(10)9-3-1-8-2-4-9/h8,11-12H,1-4,7H2. The van der Waals surface area contributed by atoms with Crippen LogP contribution in [0, 0.1) is 0 Å². The molecule has 0 unspecified atom stereocenters. The van der Waals surface area contributed by atoms with E-state index in [1.165, 1.54) is 0 Å². The molecule has 0 aromatic rings. The molecule has 1 aliphatic rings. The van der Waals surface area contributed by atoms with Crippen LogP contribution in [0.1, 0.15) is 0 Å². The number of nitrogens with one attached hydrogen (secondary N) is 1. The Morgan fingerprint density at radius 3 is 2.33 bits per heavy atom. The van der Waals surface area contributed by atoms with E-state index in [0.717, 1.165) is 13.1 Å². The van der Waals surface area contributed by atoms with E-state index in [1.807, 2.05) is 0 Å². The molecule has 0 aromatic heterocycles. The molecule has 1 fully saturated rings. The van der Waals surface area contributed by atoms with E-state index in [-0.39, 0.29) is 5.91 Å². The lowest BCUT2D eigenvalue weighted by Crippen LogP contribution is -2.54. The summed E-state index contributed by atoms with van der Waals surface area (Å²) in [5.74, 6) is -0.226. The van der Waals surface area contributed by atoms with Gasteiger partial charge in [0.2, 0.25) is 0 Å². The van der Waals surface area contributed by atoms with Crippen LogP contribution in [0.25, 0.3) is 0 Å². The van der Waals surface area contributed by atoms with Crippen LogP contribution in [-0.4, -0.2) is 41.2 Å². The lowest BCUT2D eigenvalue weighted by Gasteiger charge is -2.31. The van der Waals surface area contributed by atoms with Gasteiger partial charge in [-0.25, -0.2) is 0 Å². The van der Waals surface area contributed by atoms with Crippen molar-refractivity contribution >= 4 is 31.2 Å². The first-order chi connectivity index (χ1) is 5.52. The fraction of sp³-hybridized carbons (Fsp3) is 0.833. The predicted molar refractivity (Wildman–Crippen MR) is 54.3 cm³/mol. The van der Waals surface area contributed by atoms with Gasteiger partial charge in [0.15, 0.2) is 4.20 Å². The Morgan fingerprint density at radius 1 is 1.42 bits per heavy atom. The number of carbonyl (C=O) groups is 1. The third-order valence-electron chi connectivity index (χ3n) is 1.72. The van der Waals surface area contributed by atoms with Crippen LogP contribution < -0.4 is 11.1 Å². The van der Waals surface area contributed by atoms with Crippen molar-refractivity contribution in [3.05, 3.63) is 0 Å². The SMILES string of the molecule is NC(S)(S)C(=O)N1CCNCC1. The van der Waals surface area contributed by atoms with E-state index < -0.39 is 4.20 Å². The number of amides is 1. The monoisotopic (exact) mass is 207 g/mol. The normalized spacial score (nSPS) is 19.4. The maximum absolute atomic E-state index is 11.4. The molecular weight excluding hydrogens is 194 g/mol. The Hall–Kier alpha value is 0.0900. The van der Waals surface area contributed by atoms with Gasteiger partial charge in [-0.1, -0.05) is 0 Å². The Morgan fingerprint density at radius 2 is 1.92 bits per heavy atom. The molecule has 1 heterocycles. The van der Waals surface area contributed by atoms with Gasteiger partial charge in [0.25, 0.3) is 5.91 Å². The highest BCUT2D eigenvalue weighted by atomic mass is 32.2. The lowest BCUT2D eigenvalue weighted by molar-refractivity contribution is -0.131. The summed E-state index contributed by atoms with van der Waals surface area (Å²) in [4.78, 5) is 13.1. The molecule has 1 saturated heterocycles. The molecule has 0 spiro atoms. The van der Waals surface area contributed by atoms with Crippen LogP contribution in [-0.2, 0) is 4.79 Å². The highest BCUT2D eigenvalue weighted by molar-refractivity contribution is 8.01. The first kappa shape index (κ1) is 10.2. The van der Waals surface area contributed by atoms with Crippen molar-refractivity contribution in [3.63, 3.8) is 0 Å². The second-order valence-corrected chi connectivity index (χ2v) is 4.53. The Bertz CT molecular complexity index is 174. The number of hydrogen-bond acceptors (Lipinski definition) is 5. The van der Waals surface area contributed by atoms with Crippen molar-refractivity contribution < 1.29 is 4.79 Å². The van der Waals surface area contributed by atoms with Gasteiger partial charge < -0.3 is 16.0 Å². The number of piperazine rings is 1. The van der Waals surface area contributed by atoms with E-state index >= 15 is 0 Å². The maximum Gasteiger partial charge on any atom is 0.263 e. The molecule has 1 aliphatic heterocycles. The summed E-state index contributed by atoms with van der Waals surface area (Å²) in [6.45, 7) is 2.98. The molecule has 0 radical (unpaired) electrons. The Balaban J connectivity index is 2.51. The van der Waals surface area contributed by atoms with Crippen LogP contribution in [0.5, 0.6) is 0 Å². The topological polar surface area (TPSA) is 58.4 Å². The molecule has 4 nitrogen and oxygen atoms in total. The predicted octanol–water partition coefficient (Wildman–Crippen LogP) is -1.11. The van der Waals surface area contributed by atoms with Crippen molar-refractivity contribution in [1.29, 1.82) is 0 Å². The lowest BCUT2D eigenvalue weighted by atomic mass is 10.3. The molecular formula is C6H13N3OS2. The maximum atomic E-state index is 11.4. The first-order valence-corrected chi connectivity index (χ1v) is 4.65. The van der Waals surface area contributed by atoms with Crippen molar-refractivity contribution in [3.8, 4) is 0 Å². The molecule has 0 aromatic carbocycles. The second kappa shape index (κ2) is 3.87. The fourth-order valence-electron chi connectivity index (χ4n) is 1.10. The van der Waals surface area contributed by atoms with Crippen LogP contribution in [0.2, 0.25) is 0 Å². The zero-order valence-corrected chi connectivity index (χ0v) is 8.44. The Kier molecular flexibility index (Phi) is 3.28. The minimum absolute atomic E-state index is 0.226. The van der Waals surface area contributed by atoms with Gasteiger partial charge in [0, 0.05) is 26.2 Å². The summed E-state index contributed by atoms with van der Waals surface area (Å²) in [7, 11) is 0. The number of nitrogens with zero attached hydrogens (tertiary/aromatic N) is 1. The summed E-state index contributed by atoms with van der Waals surface area (Å²) in [6.07, 6.45) is 0. The number of nitrogens with two attached hydrogens (primary N) is 1. The van der Waals surface area contributed by atoms with E-state index in [2.05, 4.69) is 30.6 Å². The third kappa shape index (κ3) is 2.55. The molecule has 0 saturated carbocycles. The van der Waals surface area contributed by atoms with Crippen LogP contribution in [0.4, 0.5) is 0 Å². The Labute approximate surface area is 82.7 Å². The third-order valence-corrected chi connectivity index (χ3v) is 2.10. The minimum atomic E-state index is -1.34. The molecule has 0 aliphatic carbocycles. The van der Waals surface area contributed by atoms with E-state index in [4.69, 9.17) is 5.73 Å². The van der Waals surface area contributed by atoms with E-state index in [9.17, 15) is 4.79 Å². The molecule has 3 N–H and O–H groups in total. The van der Waals surface area contributed by atoms with Crippen LogP contribution in [0.15, 0.2) is 0 Å². The number of carbonyl (C=O) groups excluding carboxylic acids is 1. The van der Waals surface area contributed by atoms with Gasteiger partial charge >= 0.3 is 0 Å². The zero-order chi connectivity index (χ0) is 9.19. The van der Waals surface area contributed by atoms with Gasteiger partial charge in [0.1, 0.15) is 0 Å². The molecule has 70 valence electrons. The summed E-state index contributed by atoms with van der Waals surface area (Å²) < 4.78 is -1.34. The van der Waals surface area contributed by atoms with Crippen molar-refractivity contribution in [2.45, 2.75) is 4.20 Å². The first-order valence-electron chi connectivity index (χ1n) is 3.75. The van der Waals surface area contributed by atoms with E-state index in [0.29, 0.717) is 13.1 Å². The van der Waals surface area contributed by atoms with Gasteiger partial charge in [-0.2, -0.15) is 0 Å². The highest BCUT2D eigenvalue weighted by Crippen LogP contribution is 2.15. The fourth-order valence-corrected chi connectivity index (χ4v) is 1.38. The van der Waals surface area contributed by atoms with Gasteiger partial charge in [0.05, 0.1) is 0 Å².